The Morgan fingerprint density at radius 3 is 2.94 bits per heavy atom. The van der Waals surface area contributed by atoms with E-state index in [1.807, 2.05) is 6.92 Å². The van der Waals surface area contributed by atoms with Crippen LogP contribution in [0.5, 0.6) is 0 Å². The summed E-state index contributed by atoms with van der Waals surface area (Å²) in [5.74, 6) is 0. The molecule has 0 saturated heterocycles. The summed E-state index contributed by atoms with van der Waals surface area (Å²) in [5.41, 5.74) is 9.45. The van der Waals surface area contributed by atoms with Crippen molar-refractivity contribution in [2.75, 3.05) is 0 Å². The minimum Gasteiger partial charge on any atom is -0.372 e. The Hall–Kier alpha value is -1.12. The van der Waals surface area contributed by atoms with Crippen LogP contribution >= 0.6 is 0 Å². The van der Waals surface area contributed by atoms with Crippen LogP contribution in [-0.2, 0) is 11.3 Å². The molecule has 92 valence electrons. The zero-order valence-electron chi connectivity index (χ0n) is 10.5. The van der Waals surface area contributed by atoms with Gasteiger partial charge in [0.25, 0.3) is 0 Å². The fourth-order valence-electron chi connectivity index (χ4n) is 2.29. The largest absolute Gasteiger partial charge is 0.372 e. The number of hydrogen-bond acceptors (Lipinski definition) is 2. The standard InChI is InChI=1S/C15H21NO/c1-11(2)13-6-3-5-12(9-13)10-17-15-8-4-7-14(15)16/h3,5-6,9,14-15H,1,4,7-8,10,16H2,2H3/t14-,15?/m0/s1. The predicted octanol–water partition coefficient (Wildman–Crippen LogP) is 3.12. The molecule has 1 saturated carbocycles. The van der Waals surface area contributed by atoms with Gasteiger partial charge in [-0.2, -0.15) is 0 Å². The minimum atomic E-state index is 0.222. The number of benzene rings is 1. The molecule has 2 atom stereocenters. The Balaban J connectivity index is 1.94. The highest BCUT2D eigenvalue weighted by Crippen LogP contribution is 2.22. The van der Waals surface area contributed by atoms with E-state index in [1.54, 1.807) is 0 Å². The molecule has 1 unspecified atom stereocenters. The maximum absolute atomic E-state index is 5.98. The van der Waals surface area contributed by atoms with Gasteiger partial charge in [-0.1, -0.05) is 30.4 Å². The molecule has 0 aromatic heterocycles. The summed E-state index contributed by atoms with van der Waals surface area (Å²) in [5, 5.41) is 0. The van der Waals surface area contributed by atoms with E-state index >= 15 is 0 Å². The van der Waals surface area contributed by atoms with Gasteiger partial charge in [0.2, 0.25) is 0 Å². The van der Waals surface area contributed by atoms with Crippen LogP contribution in [0.3, 0.4) is 0 Å². The van der Waals surface area contributed by atoms with Crippen molar-refractivity contribution in [2.45, 2.75) is 44.9 Å². The fraction of sp³-hybridized carbons (Fsp3) is 0.467. The van der Waals surface area contributed by atoms with Crippen molar-refractivity contribution in [3.05, 3.63) is 42.0 Å². The second kappa shape index (κ2) is 5.48. The molecule has 1 aromatic carbocycles. The van der Waals surface area contributed by atoms with Crippen molar-refractivity contribution < 1.29 is 4.74 Å². The van der Waals surface area contributed by atoms with E-state index in [-0.39, 0.29) is 12.1 Å². The monoisotopic (exact) mass is 231 g/mol. The highest BCUT2D eigenvalue weighted by atomic mass is 16.5. The first-order chi connectivity index (χ1) is 8.16. The quantitative estimate of drug-likeness (QED) is 0.864. The maximum atomic E-state index is 5.98. The fourth-order valence-corrected chi connectivity index (χ4v) is 2.29. The van der Waals surface area contributed by atoms with Crippen molar-refractivity contribution in [3.8, 4) is 0 Å². The van der Waals surface area contributed by atoms with Crippen molar-refractivity contribution >= 4 is 5.57 Å². The highest BCUT2D eigenvalue weighted by Gasteiger charge is 2.24. The van der Waals surface area contributed by atoms with Gasteiger partial charge < -0.3 is 10.5 Å². The van der Waals surface area contributed by atoms with Gasteiger partial charge in [0.1, 0.15) is 0 Å². The van der Waals surface area contributed by atoms with Crippen LogP contribution in [0, 0.1) is 0 Å². The molecule has 0 spiro atoms. The first-order valence-corrected chi connectivity index (χ1v) is 6.29. The van der Waals surface area contributed by atoms with Crippen LogP contribution in [0.25, 0.3) is 5.57 Å². The van der Waals surface area contributed by atoms with Crippen molar-refractivity contribution in [2.24, 2.45) is 5.73 Å². The van der Waals surface area contributed by atoms with Gasteiger partial charge in [-0.05, 0) is 43.4 Å². The first kappa shape index (κ1) is 12.3. The average Bonchev–Trinajstić information content (AvgIpc) is 2.72. The van der Waals surface area contributed by atoms with Gasteiger partial charge in [-0.3, -0.25) is 0 Å². The van der Waals surface area contributed by atoms with E-state index in [0.717, 1.165) is 18.4 Å². The maximum Gasteiger partial charge on any atom is 0.0730 e. The second-order valence-corrected chi connectivity index (χ2v) is 4.92. The lowest BCUT2D eigenvalue weighted by atomic mass is 10.1. The summed E-state index contributed by atoms with van der Waals surface area (Å²) in [6.45, 7) is 6.63. The zero-order chi connectivity index (χ0) is 12.3. The summed E-state index contributed by atoms with van der Waals surface area (Å²) in [7, 11) is 0. The van der Waals surface area contributed by atoms with Crippen molar-refractivity contribution in [1.29, 1.82) is 0 Å². The lowest BCUT2D eigenvalue weighted by Gasteiger charge is -2.16. The van der Waals surface area contributed by atoms with Gasteiger partial charge in [-0.15, -0.1) is 0 Å². The minimum absolute atomic E-state index is 0.222. The predicted molar refractivity (Wildman–Crippen MR) is 71.6 cm³/mol. The summed E-state index contributed by atoms with van der Waals surface area (Å²) in [6, 6.07) is 8.58. The van der Waals surface area contributed by atoms with Gasteiger partial charge in [0.15, 0.2) is 0 Å². The van der Waals surface area contributed by atoms with Crippen LogP contribution < -0.4 is 5.73 Å². The molecule has 0 amide bonds. The molecule has 1 aliphatic carbocycles. The summed E-state index contributed by atoms with van der Waals surface area (Å²) in [6.07, 6.45) is 3.62. The molecule has 1 fully saturated rings. The summed E-state index contributed by atoms with van der Waals surface area (Å²) in [4.78, 5) is 0. The Morgan fingerprint density at radius 1 is 1.47 bits per heavy atom. The highest BCUT2D eigenvalue weighted by molar-refractivity contribution is 5.61. The molecule has 2 heteroatoms. The van der Waals surface area contributed by atoms with Gasteiger partial charge in [-0.25, -0.2) is 0 Å². The van der Waals surface area contributed by atoms with Gasteiger partial charge in [0.05, 0.1) is 12.7 Å². The van der Waals surface area contributed by atoms with E-state index in [2.05, 4.69) is 30.8 Å². The molecular weight excluding hydrogens is 210 g/mol. The first-order valence-electron chi connectivity index (χ1n) is 6.29. The molecule has 0 heterocycles. The Bertz CT molecular complexity index is 400. The Kier molecular flexibility index (Phi) is 3.97. The van der Waals surface area contributed by atoms with Crippen LogP contribution in [0.15, 0.2) is 30.8 Å². The second-order valence-electron chi connectivity index (χ2n) is 4.92. The molecule has 0 radical (unpaired) electrons. The van der Waals surface area contributed by atoms with E-state index in [0.29, 0.717) is 6.61 Å². The lowest BCUT2D eigenvalue weighted by molar-refractivity contribution is 0.0357. The SMILES string of the molecule is C=C(C)c1cccc(COC2CCC[C@@H]2N)c1. The van der Waals surface area contributed by atoms with E-state index < -0.39 is 0 Å². The normalized spacial score (nSPS) is 23.9. The summed E-state index contributed by atoms with van der Waals surface area (Å²) < 4.78 is 5.88. The van der Waals surface area contributed by atoms with E-state index in [4.69, 9.17) is 10.5 Å². The van der Waals surface area contributed by atoms with Crippen LogP contribution in [0.4, 0.5) is 0 Å². The van der Waals surface area contributed by atoms with Gasteiger partial charge in [0, 0.05) is 6.04 Å². The summed E-state index contributed by atoms with van der Waals surface area (Å²) >= 11 is 0. The van der Waals surface area contributed by atoms with Crippen molar-refractivity contribution in [3.63, 3.8) is 0 Å². The lowest BCUT2D eigenvalue weighted by Crippen LogP contribution is -2.31. The third-order valence-corrected chi connectivity index (χ3v) is 3.39. The molecular formula is C15H21NO. The average molecular weight is 231 g/mol. The zero-order valence-corrected chi connectivity index (χ0v) is 10.5. The Labute approximate surface area is 103 Å². The third kappa shape index (κ3) is 3.18. The molecule has 2 nitrogen and oxygen atoms in total. The molecule has 0 aliphatic heterocycles. The van der Waals surface area contributed by atoms with Crippen LogP contribution in [0.1, 0.15) is 37.3 Å². The van der Waals surface area contributed by atoms with Crippen LogP contribution in [-0.4, -0.2) is 12.1 Å². The molecule has 2 N–H and O–H groups in total. The molecule has 17 heavy (non-hydrogen) atoms. The topological polar surface area (TPSA) is 35.2 Å². The number of nitrogens with two attached hydrogens (primary N) is 1. The molecule has 0 bridgehead atoms. The number of allylic oxidation sites excluding steroid dienone is 1. The van der Waals surface area contributed by atoms with Crippen LogP contribution in [0.2, 0.25) is 0 Å². The Morgan fingerprint density at radius 2 is 2.29 bits per heavy atom. The third-order valence-electron chi connectivity index (χ3n) is 3.39. The molecule has 1 aromatic rings. The van der Waals surface area contributed by atoms with Crippen molar-refractivity contribution in [1.82, 2.24) is 0 Å². The number of ether oxygens (including phenoxy) is 1. The molecule has 1 aliphatic rings. The smallest absolute Gasteiger partial charge is 0.0730 e. The number of rotatable bonds is 4. The molecule has 2 rings (SSSR count). The number of hydrogen-bond donors (Lipinski definition) is 1. The van der Waals surface area contributed by atoms with Gasteiger partial charge >= 0.3 is 0 Å². The van der Waals surface area contributed by atoms with E-state index in [1.165, 1.54) is 17.5 Å². The van der Waals surface area contributed by atoms with E-state index in [9.17, 15) is 0 Å².